The van der Waals surface area contributed by atoms with Crippen LogP contribution in [0.5, 0.6) is 0 Å². The van der Waals surface area contributed by atoms with Gasteiger partial charge in [-0.25, -0.2) is 0 Å². The Morgan fingerprint density at radius 3 is 2.47 bits per heavy atom. The minimum absolute atomic E-state index is 0.251. The SMILES string of the molecule is CCCC(OCC)C(N)c1cccc(C(F)(F)F)c1. The lowest BCUT2D eigenvalue weighted by Crippen LogP contribution is -2.29. The van der Waals surface area contributed by atoms with Crippen LogP contribution in [-0.4, -0.2) is 12.7 Å². The van der Waals surface area contributed by atoms with E-state index in [9.17, 15) is 13.2 Å². The lowest BCUT2D eigenvalue weighted by molar-refractivity contribution is -0.137. The fourth-order valence-corrected chi connectivity index (χ4v) is 2.00. The minimum atomic E-state index is -4.35. The third kappa shape index (κ3) is 4.51. The highest BCUT2D eigenvalue weighted by Crippen LogP contribution is 2.31. The molecule has 2 N–H and O–H groups in total. The highest BCUT2D eigenvalue weighted by molar-refractivity contribution is 5.28. The van der Waals surface area contributed by atoms with E-state index in [4.69, 9.17) is 10.5 Å². The molecule has 1 aromatic rings. The zero-order valence-electron chi connectivity index (χ0n) is 11.2. The van der Waals surface area contributed by atoms with Crippen molar-refractivity contribution >= 4 is 0 Å². The second-order valence-electron chi connectivity index (χ2n) is 4.43. The van der Waals surface area contributed by atoms with E-state index in [1.807, 2.05) is 13.8 Å². The second kappa shape index (κ2) is 6.91. The summed E-state index contributed by atoms with van der Waals surface area (Å²) in [6.45, 7) is 4.34. The maximum absolute atomic E-state index is 12.7. The topological polar surface area (TPSA) is 35.2 Å². The molecule has 0 spiro atoms. The summed E-state index contributed by atoms with van der Waals surface area (Å²) in [5.41, 5.74) is 5.82. The Balaban J connectivity index is 2.94. The van der Waals surface area contributed by atoms with Crippen LogP contribution in [0.2, 0.25) is 0 Å². The Kier molecular flexibility index (Phi) is 5.82. The summed E-state index contributed by atoms with van der Waals surface area (Å²) in [5, 5.41) is 0. The van der Waals surface area contributed by atoms with Crippen LogP contribution in [0.4, 0.5) is 13.2 Å². The van der Waals surface area contributed by atoms with Gasteiger partial charge >= 0.3 is 6.18 Å². The van der Waals surface area contributed by atoms with Crippen molar-refractivity contribution in [3.05, 3.63) is 35.4 Å². The molecule has 0 aromatic heterocycles. The largest absolute Gasteiger partial charge is 0.416 e. The van der Waals surface area contributed by atoms with E-state index < -0.39 is 17.8 Å². The normalized spacial score (nSPS) is 15.3. The van der Waals surface area contributed by atoms with Crippen molar-refractivity contribution in [2.75, 3.05) is 6.61 Å². The summed E-state index contributed by atoms with van der Waals surface area (Å²) >= 11 is 0. The molecule has 2 unspecified atom stereocenters. The predicted octanol–water partition coefficient (Wildman–Crippen LogP) is 3.91. The standard InChI is InChI=1S/C14H20F3NO/c1-3-6-12(19-4-2)13(18)10-7-5-8-11(9-10)14(15,16)17/h5,7-9,12-13H,3-4,6,18H2,1-2H3. The van der Waals surface area contributed by atoms with E-state index in [2.05, 4.69) is 0 Å². The van der Waals surface area contributed by atoms with Crippen LogP contribution in [0.1, 0.15) is 43.9 Å². The molecular formula is C14H20F3NO. The molecule has 0 heterocycles. The quantitative estimate of drug-likeness (QED) is 0.854. The van der Waals surface area contributed by atoms with Crippen molar-refractivity contribution in [3.8, 4) is 0 Å². The minimum Gasteiger partial charge on any atom is -0.377 e. The molecule has 0 radical (unpaired) electrons. The monoisotopic (exact) mass is 275 g/mol. The predicted molar refractivity (Wildman–Crippen MR) is 68.7 cm³/mol. The van der Waals surface area contributed by atoms with Crippen molar-refractivity contribution in [2.45, 2.75) is 45.0 Å². The molecule has 2 atom stereocenters. The highest BCUT2D eigenvalue weighted by Gasteiger charge is 2.31. The number of benzene rings is 1. The van der Waals surface area contributed by atoms with Gasteiger partial charge in [0, 0.05) is 6.61 Å². The number of hydrogen-bond donors (Lipinski definition) is 1. The first-order valence-electron chi connectivity index (χ1n) is 6.44. The number of halogens is 3. The molecule has 2 nitrogen and oxygen atoms in total. The van der Waals surface area contributed by atoms with Crippen molar-refractivity contribution in [2.24, 2.45) is 5.73 Å². The third-order valence-electron chi connectivity index (χ3n) is 2.95. The van der Waals surface area contributed by atoms with E-state index in [0.29, 0.717) is 12.2 Å². The Morgan fingerprint density at radius 1 is 1.26 bits per heavy atom. The number of rotatable bonds is 6. The molecule has 1 aromatic carbocycles. The Hall–Kier alpha value is -1.07. The summed E-state index contributed by atoms with van der Waals surface area (Å²) in [4.78, 5) is 0. The molecule has 0 fully saturated rings. The zero-order valence-corrected chi connectivity index (χ0v) is 11.2. The van der Waals surface area contributed by atoms with E-state index in [1.165, 1.54) is 6.07 Å². The van der Waals surface area contributed by atoms with Gasteiger partial charge in [-0.05, 0) is 31.0 Å². The molecule has 0 saturated heterocycles. The van der Waals surface area contributed by atoms with Crippen LogP contribution in [0.25, 0.3) is 0 Å². The molecule has 0 saturated carbocycles. The average Bonchev–Trinajstić information content (AvgIpc) is 2.37. The van der Waals surface area contributed by atoms with Gasteiger partial charge in [0.15, 0.2) is 0 Å². The van der Waals surface area contributed by atoms with Crippen LogP contribution in [0.15, 0.2) is 24.3 Å². The van der Waals surface area contributed by atoms with E-state index in [-0.39, 0.29) is 6.10 Å². The molecule has 0 aliphatic rings. The Bertz CT molecular complexity index is 387. The Morgan fingerprint density at radius 2 is 1.95 bits per heavy atom. The van der Waals surface area contributed by atoms with Gasteiger partial charge in [-0.2, -0.15) is 13.2 Å². The fourth-order valence-electron chi connectivity index (χ4n) is 2.00. The van der Waals surface area contributed by atoms with Gasteiger partial charge < -0.3 is 10.5 Å². The molecule has 108 valence electrons. The van der Waals surface area contributed by atoms with Crippen LogP contribution in [0.3, 0.4) is 0 Å². The molecular weight excluding hydrogens is 255 g/mol. The first-order valence-corrected chi connectivity index (χ1v) is 6.44. The molecule has 19 heavy (non-hydrogen) atoms. The first-order chi connectivity index (χ1) is 8.90. The van der Waals surface area contributed by atoms with Crippen LogP contribution < -0.4 is 5.73 Å². The van der Waals surface area contributed by atoms with E-state index in [1.54, 1.807) is 6.07 Å². The van der Waals surface area contributed by atoms with Crippen LogP contribution >= 0.6 is 0 Å². The van der Waals surface area contributed by atoms with Gasteiger partial charge in [0.2, 0.25) is 0 Å². The summed E-state index contributed by atoms with van der Waals surface area (Å²) in [5.74, 6) is 0. The summed E-state index contributed by atoms with van der Waals surface area (Å²) in [7, 11) is 0. The van der Waals surface area contributed by atoms with Crippen molar-refractivity contribution in [1.82, 2.24) is 0 Å². The maximum Gasteiger partial charge on any atom is 0.416 e. The average molecular weight is 275 g/mol. The van der Waals surface area contributed by atoms with Crippen LogP contribution in [-0.2, 0) is 10.9 Å². The molecule has 0 amide bonds. The van der Waals surface area contributed by atoms with Crippen molar-refractivity contribution < 1.29 is 17.9 Å². The third-order valence-corrected chi connectivity index (χ3v) is 2.95. The fraction of sp³-hybridized carbons (Fsp3) is 0.571. The summed E-state index contributed by atoms with van der Waals surface area (Å²) in [6.07, 6.45) is -3.00. The summed E-state index contributed by atoms with van der Waals surface area (Å²) < 4.78 is 43.5. The van der Waals surface area contributed by atoms with Gasteiger partial charge in [-0.3, -0.25) is 0 Å². The molecule has 1 rings (SSSR count). The maximum atomic E-state index is 12.7. The molecule has 0 bridgehead atoms. The van der Waals surface area contributed by atoms with Gasteiger partial charge in [-0.15, -0.1) is 0 Å². The number of hydrogen-bond acceptors (Lipinski definition) is 2. The second-order valence-corrected chi connectivity index (χ2v) is 4.43. The lowest BCUT2D eigenvalue weighted by Gasteiger charge is -2.24. The van der Waals surface area contributed by atoms with Gasteiger partial charge in [0.25, 0.3) is 0 Å². The number of alkyl halides is 3. The van der Waals surface area contributed by atoms with Gasteiger partial charge in [0.1, 0.15) is 0 Å². The van der Waals surface area contributed by atoms with Crippen molar-refractivity contribution in [1.29, 1.82) is 0 Å². The van der Waals surface area contributed by atoms with E-state index in [0.717, 1.165) is 25.0 Å². The van der Waals surface area contributed by atoms with Gasteiger partial charge in [-0.1, -0.05) is 25.5 Å². The lowest BCUT2D eigenvalue weighted by atomic mass is 9.97. The van der Waals surface area contributed by atoms with Crippen LogP contribution in [0, 0.1) is 0 Å². The number of ether oxygens (including phenoxy) is 1. The summed E-state index contributed by atoms with van der Waals surface area (Å²) in [6, 6.07) is 4.61. The van der Waals surface area contributed by atoms with Gasteiger partial charge in [0.05, 0.1) is 17.7 Å². The van der Waals surface area contributed by atoms with Crippen molar-refractivity contribution in [3.63, 3.8) is 0 Å². The molecule has 0 aliphatic carbocycles. The molecule has 0 aliphatic heterocycles. The molecule has 5 heteroatoms. The smallest absolute Gasteiger partial charge is 0.377 e. The highest BCUT2D eigenvalue weighted by atomic mass is 19.4. The number of nitrogens with two attached hydrogens (primary N) is 1. The zero-order chi connectivity index (χ0) is 14.5. The van der Waals surface area contributed by atoms with E-state index >= 15 is 0 Å². The first kappa shape index (κ1) is 16.0. The Labute approximate surface area is 111 Å².